The third-order valence-corrected chi connectivity index (χ3v) is 6.54. The number of nitrogens with one attached hydrogen (secondary N) is 1. The van der Waals surface area contributed by atoms with Gasteiger partial charge in [0.2, 0.25) is 10.0 Å². The number of pyridine rings is 1. The van der Waals surface area contributed by atoms with Crippen molar-refractivity contribution in [2.24, 2.45) is 0 Å². The van der Waals surface area contributed by atoms with Crippen molar-refractivity contribution < 1.29 is 31.4 Å². The smallest absolute Gasteiger partial charge is 0.402 e. The molecule has 0 amide bonds. The Morgan fingerprint density at radius 3 is 2.44 bits per heavy atom. The van der Waals surface area contributed by atoms with E-state index in [1.54, 1.807) is 66.5 Å². The summed E-state index contributed by atoms with van der Waals surface area (Å²) < 4.78 is 71.2. The topological polar surface area (TPSA) is 88.5 Å². The fourth-order valence-electron chi connectivity index (χ4n) is 3.31. The Bertz CT molecular complexity index is 1170. The van der Waals surface area contributed by atoms with E-state index in [2.05, 4.69) is 4.98 Å². The number of benzene rings is 2. The van der Waals surface area contributed by atoms with Crippen LogP contribution in [0.25, 0.3) is 11.1 Å². The van der Waals surface area contributed by atoms with Gasteiger partial charge in [-0.3, -0.25) is 4.98 Å². The second-order valence-electron chi connectivity index (χ2n) is 7.73. The summed E-state index contributed by atoms with van der Waals surface area (Å²) in [5.41, 5.74) is 1.90. The van der Waals surface area contributed by atoms with Crippen LogP contribution in [0.4, 0.5) is 13.2 Å². The molecule has 182 valence electrons. The van der Waals surface area contributed by atoms with Gasteiger partial charge in [0.25, 0.3) is 0 Å². The number of ether oxygens (including phenoxy) is 1. The van der Waals surface area contributed by atoms with Crippen LogP contribution in [0.1, 0.15) is 18.9 Å². The van der Waals surface area contributed by atoms with Crippen LogP contribution in [0.15, 0.2) is 78.0 Å². The number of aliphatic hydroxyl groups is 1. The maximum atomic E-state index is 12.8. The molecule has 10 heteroatoms. The van der Waals surface area contributed by atoms with Crippen molar-refractivity contribution in [2.75, 3.05) is 6.54 Å². The minimum Gasteiger partial charge on any atom is -0.486 e. The molecule has 0 aliphatic rings. The number of rotatable bonds is 10. The number of halogens is 3. The Labute approximate surface area is 196 Å². The van der Waals surface area contributed by atoms with Gasteiger partial charge in [0.05, 0.1) is 6.10 Å². The van der Waals surface area contributed by atoms with Gasteiger partial charge in [0.1, 0.15) is 23.3 Å². The standard InChI is InChI=1S/C24H25F3N2O4S/c1-17(21(30)13-12-18-7-6-14-28-15-18)33-23-20(19-8-3-2-4-9-19)10-5-11-22(23)34(31,32)29-16-24(25,26)27/h2-11,14-15,17,21,29-30H,12-13,16H2,1H3. The maximum absolute atomic E-state index is 12.8. The van der Waals surface area contributed by atoms with E-state index in [0.717, 1.165) is 5.56 Å². The lowest BCUT2D eigenvalue weighted by atomic mass is 10.0. The highest BCUT2D eigenvalue weighted by Crippen LogP contribution is 2.37. The highest BCUT2D eigenvalue weighted by molar-refractivity contribution is 7.89. The summed E-state index contributed by atoms with van der Waals surface area (Å²) in [5.74, 6) is -0.128. The molecule has 2 unspecified atom stereocenters. The highest BCUT2D eigenvalue weighted by atomic mass is 32.2. The minimum absolute atomic E-state index is 0.128. The van der Waals surface area contributed by atoms with Crippen LogP contribution >= 0.6 is 0 Å². The molecule has 0 radical (unpaired) electrons. The number of aromatic nitrogens is 1. The summed E-state index contributed by atoms with van der Waals surface area (Å²) in [6.45, 7) is -0.136. The van der Waals surface area contributed by atoms with E-state index in [1.807, 2.05) is 6.07 Å². The van der Waals surface area contributed by atoms with Gasteiger partial charge in [-0.05, 0) is 43.0 Å². The quantitative estimate of drug-likeness (QED) is 0.438. The number of para-hydroxylation sites is 1. The summed E-state index contributed by atoms with van der Waals surface area (Å²) in [5, 5.41) is 10.6. The van der Waals surface area contributed by atoms with Gasteiger partial charge in [-0.25, -0.2) is 13.1 Å². The lowest BCUT2D eigenvalue weighted by Gasteiger charge is -2.24. The molecule has 1 aromatic heterocycles. The van der Waals surface area contributed by atoms with Crippen molar-refractivity contribution in [1.82, 2.24) is 9.71 Å². The van der Waals surface area contributed by atoms with Crippen molar-refractivity contribution in [2.45, 2.75) is 43.0 Å². The van der Waals surface area contributed by atoms with E-state index in [0.29, 0.717) is 24.0 Å². The van der Waals surface area contributed by atoms with Crippen LogP contribution in [0.2, 0.25) is 0 Å². The highest BCUT2D eigenvalue weighted by Gasteiger charge is 2.32. The first kappa shape index (κ1) is 25.7. The molecule has 0 bridgehead atoms. The van der Waals surface area contributed by atoms with Crippen molar-refractivity contribution in [3.8, 4) is 16.9 Å². The fourth-order valence-corrected chi connectivity index (χ4v) is 4.48. The van der Waals surface area contributed by atoms with E-state index in [-0.39, 0.29) is 5.75 Å². The zero-order chi connectivity index (χ0) is 24.8. The van der Waals surface area contributed by atoms with E-state index >= 15 is 0 Å². The van der Waals surface area contributed by atoms with Crippen LogP contribution in [0.3, 0.4) is 0 Å². The lowest BCUT2D eigenvalue weighted by molar-refractivity contribution is -0.121. The van der Waals surface area contributed by atoms with Gasteiger partial charge in [0.15, 0.2) is 0 Å². The number of aliphatic hydroxyl groups excluding tert-OH is 1. The second-order valence-corrected chi connectivity index (χ2v) is 9.46. The summed E-state index contributed by atoms with van der Waals surface area (Å²) in [4.78, 5) is 3.59. The molecule has 2 N–H and O–H groups in total. The molecule has 0 aliphatic carbocycles. The largest absolute Gasteiger partial charge is 0.486 e. The molecule has 0 spiro atoms. The summed E-state index contributed by atoms with van der Waals surface area (Å²) in [6.07, 6.45) is -2.39. The third-order valence-electron chi connectivity index (χ3n) is 5.11. The van der Waals surface area contributed by atoms with Crippen LogP contribution in [-0.2, 0) is 16.4 Å². The number of alkyl halides is 3. The first-order chi connectivity index (χ1) is 16.1. The summed E-state index contributed by atoms with van der Waals surface area (Å²) >= 11 is 0. The summed E-state index contributed by atoms with van der Waals surface area (Å²) in [7, 11) is -4.57. The second kappa shape index (κ2) is 11.0. The van der Waals surface area contributed by atoms with Gasteiger partial charge in [-0.15, -0.1) is 0 Å². The molecule has 0 saturated carbocycles. The third kappa shape index (κ3) is 7.02. The molecule has 0 saturated heterocycles. The van der Waals surface area contributed by atoms with Crippen molar-refractivity contribution >= 4 is 10.0 Å². The van der Waals surface area contributed by atoms with Crippen LogP contribution in [0.5, 0.6) is 5.75 Å². The molecule has 0 fully saturated rings. The molecule has 2 atom stereocenters. The SMILES string of the molecule is CC(Oc1c(-c2ccccc2)cccc1S(=O)(=O)NCC(F)(F)F)C(O)CCc1cccnc1. The predicted molar refractivity (Wildman–Crippen MR) is 122 cm³/mol. The van der Waals surface area contributed by atoms with Gasteiger partial charge in [-0.2, -0.15) is 13.2 Å². The lowest BCUT2D eigenvalue weighted by Crippen LogP contribution is -2.35. The molecule has 0 aliphatic heterocycles. The first-order valence-corrected chi connectivity index (χ1v) is 12.0. The molecular formula is C24H25F3N2O4S. The number of nitrogens with zero attached hydrogens (tertiary/aromatic N) is 1. The molecule has 3 aromatic rings. The first-order valence-electron chi connectivity index (χ1n) is 10.6. The minimum atomic E-state index is -4.72. The number of hydrogen-bond acceptors (Lipinski definition) is 5. The Morgan fingerprint density at radius 2 is 1.79 bits per heavy atom. The number of hydrogen-bond donors (Lipinski definition) is 2. The maximum Gasteiger partial charge on any atom is 0.402 e. The zero-order valence-electron chi connectivity index (χ0n) is 18.4. The van der Waals surface area contributed by atoms with Crippen molar-refractivity contribution in [3.05, 3.63) is 78.6 Å². The van der Waals surface area contributed by atoms with Crippen LogP contribution in [-0.4, -0.2) is 43.4 Å². The normalized spacial score (nSPS) is 13.9. The Morgan fingerprint density at radius 1 is 1.06 bits per heavy atom. The van der Waals surface area contributed by atoms with Gasteiger partial charge >= 0.3 is 6.18 Å². The Balaban J connectivity index is 1.91. The Kier molecular flexibility index (Phi) is 8.29. The monoisotopic (exact) mass is 494 g/mol. The van der Waals surface area contributed by atoms with E-state index in [4.69, 9.17) is 4.74 Å². The van der Waals surface area contributed by atoms with Gasteiger partial charge in [-0.1, -0.05) is 48.5 Å². The number of sulfonamides is 1. The van der Waals surface area contributed by atoms with E-state index in [9.17, 15) is 26.7 Å². The van der Waals surface area contributed by atoms with E-state index in [1.165, 1.54) is 12.1 Å². The molecule has 1 heterocycles. The fraction of sp³-hybridized carbons (Fsp3) is 0.292. The molecule has 2 aromatic carbocycles. The van der Waals surface area contributed by atoms with Crippen LogP contribution in [0, 0.1) is 0 Å². The average molecular weight is 495 g/mol. The molecule has 6 nitrogen and oxygen atoms in total. The van der Waals surface area contributed by atoms with Crippen LogP contribution < -0.4 is 9.46 Å². The number of aryl methyl sites for hydroxylation is 1. The molecule has 3 rings (SSSR count). The predicted octanol–water partition coefficient (Wildman–Crippen LogP) is 4.35. The zero-order valence-corrected chi connectivity index (χ0v) is 19.2. The van der Waals surface area contributed by atoms with Gasteiger partial charge < -0.3 is 9.84 Å². The summed E-state index contributed by atoms with van der Waals surface area (Å²) in [6, 6.07) is 16.6. The Hall–Kier alpha value is -2.95. The molecule has 34 heavy (non-hydrogen) atoms. The van der Waals surface area contributed by atoms with Crippen molar-refractivity contribution in [3.63, 3.8) is 0 Å². The van der Waals surface area contributed by atoms with Crippen molar-refractivity contribution in [1.29, 1.82) is 0 Å². The molecular weight excluding hydrogens is 469 g/mol. The van der Waals surface area contributed by atoms with Gasteiger partial charge in [0, 0.05) is 18.0 Å². The van der Waals surface area contributed by atoms with E-state index < -0.39 is 39.8 Å². The average Bonchev–Trinajstić information content (AvgIpc) is 2.82.